The molecule has 0 bridgehead atoms. The maximum absolute atomic E-state index is 12.2. The fraction of sp³-hybridized carbons (Fsp3) is 0.316. The molecule has 1 amide bonds. The highest BCUT2D eigenvalue weighted by molar-refractivity contribution is 6.30. The molecule has 0 aromatic heterocycles. The summed E-state index contributed by atoms with van der Waals surface area (Å²) in [6.45, 7) is 5.49. The normalized spacial score (nSPS) is 10.7. The van der Waals surface area contributed by atoms with Crippen molar-refractivity contribution in [3.8, 4) is 5.75 Å². The topological polar surface area (TPSA) is 41.6 Å². The lowest BCUT2D eigenvalue weighted by Gasteiger charge is -2.17. The van der Waals surface area contributed by atoms with Gasteiger partial charge in [0, 0.05) is 17.3 Å². The van der Waals surface area contributed by atoms with Gasteiger partial charge in [-0.2, -0.15) is 0 Å². The summed E-state index contributed by atoms with van der Waals surface area (Å²) in [6.07, 6.45) is 0. The van der Waals surface area contributed by atoms with E-state index in [2.05, 4.69) is 5.32 Å². The Morgan fingerprint density at radius 2 is 1.96 bits per heavy atom. The zero-order valence-corrected chi connectivity index (χ0v) is 15.1. The van der Waals surface area contributed by atoms with Crippen LogP contribution in [0.5, 0.6) is 5.75 Å². The second kappa shape index (κ2) is 8.71. The molecule has 0 unspecified atom stereocenters. The molecule has 4 nitrogen and oxygen atoms in total. The van der Waals surface area contributed by atoms with Gasteiger partial charge in [0.25, 0.3) is 0 Å². The predicted molar refractivity (Wildman–Crippen MR) is 99.0 cm³/mol. The van der Waals surface area contributed by atoms with Crippen molar-refractivity contribution < 1.29 is 9.53 Å². The van der Waals surface area contributed by atoms with Gasteiger partial charge < -0.3 is 10.1 Å². The van der Waals surface area contributed by atoms with E-state index in [0.29, 0.717) is 24.7 Å². The van der Waals surface area contributed by atoms with E-state index >= 15 is 0 Å². The Kier molecular flexibility index (Phi) is 6.64. The van der Waals surface area contributed by atoms with Crippen LogP contribution in [0.1, 0.15) is 11.1 Å². The minimum atomic E-state index is -0.0334. The SMILES string of the molecule is Cc1cccc(NC(=O)CN(C)CCOc2cccc(Cl)c2)c1C. The lowest BCUT2D eigenvalue weighted by molar-refractivity contribution is -0.117. The fourth-order valence-corrected chi connectivity index (χ4v) is 2.46. The Morgan fingerprint density at radius 3 is 2.71 bits per heavy atom. The van der Waals surface area contributed by atoms with Gasteiger partial charge in [-0.25, -0.2) is 0 Å². The summed E-state index contributed by atoms with van der Waals surface area (Å²) in [7, 11) is 1.89. The van der Waals surface area contributed by atoms with Crippen LogP contribution in [0.4, 0.5) is 5.69 Å². The Morgan fingerprint density at radius 1 is 1.21 bits per heavy atom. The van der Waals surface area contributed by atoms with Crippen LogP contribution < -0.4 is 10.1 Å². The maximum atomic E-state index is 12.2. The first-order valence-corrected chi connectivity index (χ1v) is 8.26. The van der Waals surface area contributed by atoms with Gasteiger partial charge in [-0.1, -0.05) is 29.8 Å². The Bertz CT molecular complexity index is 704. The number of hydrogen-bond donors (Lipinski definition) is 1. The van der Waals surface area contributed by atoms with Crippen molar-refractivity contribution in [2.75, 3.05) is 32.1 Å². The Hall–Kier alpha value is -2.04. The molecular weight excluding hydrogens is 324 g/mol. The van der Waals surface area contributed by atoms with Crippen molar-refractivity contribution in [3.63, 3.8) is 0 Å². The van der Waals surface area contributed by atoms with Crippen LogP contribution in [0.25, 0.3) is 0 Å². The molecule has 0 fully saturated rings. The van der Waals surface area contributed by atoms with Crippen molar-refractivity contribution >= 4 is 23.2 Å². The number of nitrogens with one attached hydrogen (secondary N) is 1. The van der Waals surface area contributed by atoms with Crippen LogP contribution in [0, 0.1) is 13.8 Å². The third kappa shape index (κ3) is 5.55. The summed E-state index contributed by atoms with van der Waals surface area (Å²) >= 11 is 5.91. The van der Waals surface area contributed by atoms with E-state index in [-0.39, 0.29) is 5.91 Å². The van der Waals surface area contributed by atoms with E-state index in [9.17, 15) is 4.79 Å². The predicted octanol–water partition coefficient (Wildman–Crippen LogP) is 3.91. The first kappa shape index (κ1) is 18.3. The quantitative estimate of drug-likeness (QED) is 0.826. The van der Waals surface area contributed by atoms with Gasteiger partial charge in [0.05, 0.1) is 6.54 Å². The average molecular weight is 347 g/mol. The van der Waals surface area contributed by atoms with Gasteiger partial charge in [-0.3, -0.25) is 9.69 Å². The van der Waals surface area contributed by atoms with Crippen LogP contribution in [0.3, 0.4) is 0 Å². The van der Waals surface area contributed by atoms with Crippen LogP contribution in [-0.2, 0) is 4.79 Å². The first-order chi connectivity index (χ1) is 11.5. The number of hydrogen-bond acceptors (Lipinski definition) is 3. The van der Waals surface area contributed by atoms with E-state index in [1.165, 1.54) is 0 Å². The van der Waals surface area contributed by atoms with Gasteiger partial charge in [0.15, 0.2) is 0 Å². The molecule has 0 atom stereocenters. The number of likely N-dealkylation sites (N-methyl/N-ethyl adjacent to an activating group) is 1. The van der Waals surface area contributed by atoms with Crippen molar-refractivity contribution in [2.24, 2.45) is 0 Å². The highest BCUT2D eigenvalue weighted by Crippen LogP contribution is 2.18. The molecule has 0 aliphatic carbocycles. The summed E-state index contributed by atoms with van der Waals surface area (Å²) in [5, 5.41) is 3.61. The molecule has 0 spiro atoms. The molecule has 1 N–H and O–H groups in total. The van der Waals surface area contributed by atoms with Crippen LogP contribution in [-0.4, -0.2) is 37.6 Å². The molecule has 0 aliphatic heterocycles. The number of rotatable bonds is 7. The van der Waals surface area contributed by atoms with Crippen molar-refractivity contribution in [1.82, 2.24) is 4.90 Å². The lowest BCUT2D eigenvalue weighted by atomic mass is 10.1. The highest BCUT2D eigenvalue weighted by atomic mass is 35.5. The van der Waals surface area contributed by atoms with E-state index in [1.54, 1.807) is 12.1 Å². The number of carbonyl (C=O) groups excluding carboxylic acids is 1. The number of halogens is 1. The monoisotopic (exact) mass is 346 g/mol. The molecular formula is C19H23ClN2O2. The molecule has 2 aromatic carbocycles. The zero-order valence-electron chi connectivity index (χ0n) is 14.3. The van der Waals surface area contributed by atoms with Gasteiger partial charge in [-0.05, 0) is 56.3 Å². The number of anilines is 1. The smallest absolute Gasteiger partial charge is 0.238 e. The van der Waals surface area contributed by atoms with E-state index in [4.69, 9.17) is 16.3 Å². The van der Waals surface area contributed by atoms with Gasteiger partial charge >= 0.3 is 0 Å². The van der Waals surface area contributed by atoms with Gasteiger partial charge in [-0.15, -0.1) is 0 Å². The first-order valence-electron chi connectivity index (χ1n) is 7.88. The van der Waals surface area contributed by atoms with Crippen molar-refractivity contribution in [1.29, 1.82) is 0 Å². The molecule has 5 heteroatoms. The molecule has 2 aromatic rings. The fourth-order valence-electron chi connectivity index (χ4n) is 2.28. The summed E-state index contributed by atoms with van der Waals surface area (Å²) < 4.78 is 5.63. The number of benzene rings is 2. The van der Waals surface area contributed by atoms with Crippen molar-refractivity contribution in [2.45, 2.75) is 13.8 Å². The van der Waals surface area contributed by atoms with Crippen LogP contribution in [0.2, 0.25) is 5.02 Å². The molecule has 0 saturated heterocycles. The molecule has 0 saturated carbocycles. The second-order valence-electron chi connectivity index (χ2n) is 5.84. The Balaban J connectivity index is 1.76. The van der Waals surface area contributed by atoms with E-state index < -0.39 is 0 Å². The van der Waals surface area contributed by atoms with E-state index in [1.807, 2.05) is 56.1 Å². The van der Waals surface area contributed by atoms with Gasteiger partial charge in [0.1, 0.15) is 12.4 Å². The summed E-state index contributed by atoms with van der Waals surface area (Å²) in [4.78, 5) is 14.1. The summed E-state index contributed by atoms with van der Waals surface area (Å²) in [6, 6.07) is 13.2. The number of nitrogens with zero attached hydrogens (tertiary/aromatic N) is 1. The number of amides is 1. The Labute approximate surface area is 148 Å². The third-order valence-corrected chi connectivity index (χ3v) is 4.07. The number of ether oxygens (including phenoxy) is 1. The molecule has 2 rings (SSSR count). The van der Waals surface area contributed by atoms with Crippen LogP contribution in [0.15, 0.2) is 42.5 Å². The molecule has 0 heterocycles. The molecule has 128 valence electrons. The molecule has 0 radical (unpaired) electrons. The lowest BCUT2D eigenvalue weighted by Crippen LogP contribution is -2.33. The van der Waals surface area contributed by atoms with Crippen molar-refractivity contribution in [3.05, 3.63) is 58.6 Å². The number of aryl methyl sites for hydroxylation is 1. The maximum Gasteiger partial charge on any atom is 0.238 e. The third-order valence-electron chi connectivity index (χ3n) is 3.83. The minimum absolute atomic E-state index is 0.0334. The highest BCUT2D eigenvalue weighted by Gasteiger charge is 2.09. The second-order valence-corrected chi connectivity index (χ2v) is 6.28. The van der Waals surface area contributed by atoms with Crippen LogP contribution >= 0.6 is 11.6 Å². The number of carbonyl (C=O) groups is 1. The zero-order chi connectivity index (χ0) is 17.5. The van der Waals surface area contributed by atoms with Gasteiger partial charge in [0.2, 0.25) is 5.91 Å². The molecule has 0 aliphatic rings. The molecule has 24 heavy (non-hydrogen) atoms. The summed E-state index contributed by atoms with van der Waals surface area (Å²) in [5.41, 5.74) is 3.12. The standard InChI is InChI=1S/C19H23ClN2O2/c1-14-6-4-9-18(15(14)2)21-19(23)13-22(3)10-11-24-17-8-5-7-16(20)12-17/h4-9,12H,10-11,13H2,1-3H3,(H,21,23). The van der Waals surface area contributed by atoms with E-state index in [0.717, 1.165) is 22.6 Å². The average Bonchev–Trinajstić information content (AvgIpc) is 2.52. The minimum Gasteiger partial charge on any atom is -0.492 e. The summed E-state index contributed by atoms with van der Waals surface area (Å²) in [5.74, 6) is 0.699. The largest absolute Gasteiger partial charge is 0.492 e.